The lowest BCUT2D eigenvalue weighted by atomic mass is 10.1. The van der Waals surface area contributed by atoms with Crippen molar-refractivity contribution in [1.82, 2.24) is 24.4 Å². The molecule has 0 unspecified atom stereocenters. The van der Waals surface area contributed by atoms with Crippen molar-refractivity contribution in [3.05, 3.63) is 66.5 Å². The topological polar surface area (TPSA) is 53.7 Å². The van der Waals surface area contributed by atoms with Crippen molar-refractivity contribution >= 4 is 22.3 Å². The second kappa shape index (κ2) is 6.92. The predicted molar refractivity (Wildman–Crippen MR) is 116 cm³/mol. The lowest BCUT2D eigenvalue weighted by molar-refractivity contribution is 0.0565. The van der Waals surface area contributed by atoms with Crippen LogP contribution < -0.4 is 0 Å². The van der Waals surface area contributed by atoms with Gasteiger partial charge in [0.2, 0.25) is 0 Å². The van der Waals surface area contributed by atoms with E-state index in [0.717, 1.165) is 30.9 Å². The van der Waals surface area contributed by atoms with Gasteiger partial charge < -0.3 is 4.90 Å². The molecule has 30 heavy (non-hydrogen) atoms. The standard InChI is InChI=1S/C24H23N5O/c30-24(28-13-12-27-11-3-6-20(27)16-28)21-15-23-25-10-9-22(29(23)26-21)19-8-7-17-4-1-2-5-18(17)14-19/h1-2,4-5,7-10,14-15,20H,3,6,11-13,16H2/t20-/m0/s1. The molecule has 6 heteroatoms. The Hall–Kier alpha value is -3.25. The molecule has 4 heterocycles. The number of benzene rings is 2. The summed E-state index contributed by atoms with van der Waals surface area (Å²) < 4.78 is 1.79. The molecule has 1 atom stereocenters. The zero-order valence-corrected chi connectivity index (χ0v) is 16.7. The molecule has 2 saturated heterocycles. The van der Waals surface area contributed by atoms with Crippen LogP contribution in [0.15, 0.2) is 60.8 Å². The van der Waals surface area contributed by atoms with Crippen molar-refractivity contribution in [3.63, 3.8) is 0 Å². The summed E-state index contributed by atoms with van der Waals surface area (Å²) in [5.74, 6) is 0.0107. The zero-order valence-electron chi connectivity index (χ0n) is 16.7. The molecule has 150 valence electrons. The average Bonchev–Trinajstić information content (AvgIpc) is 3.44. The smallest absolute Gasteiger partial charge is 0.274 e. The highest BCUT2D eigenvalue weighted by Crippen LogP contribution is 2.26. The molecule has 0 radical (unpaired) electrons. The van der Waals surface area contributed by atoms with Gasteiger partial charge in [-0.25, -0.2) is 9.50 Å². The summed E-state index contributed by atoms with van der Waals surface area (Å²) in [4.78, 5) is 22.1. The van der Waals surface area contributed by atoms with Gasteiger partial charge in [0, 0.05) is 43.5 Å². The number of nitrogens with zero attached hydrogens (tertiary/aromatic N) is 5. The molecule has 2 fully saturated rings. The SMILES string of the molecule is O=C(c1cc2nccc(-c3ccc4ccccc4c3)n2n1)N1CCN2CCC[C@H]2C1. The van der Waals surface area contributed by atoms with Gasteiger partial charge in [-0.1, -0.05) is 36.4 Å². The highest BCUT2D eigenvalue weighted by Gasteiger charge is 2.33. The fraction of sp³-hybridized carbons (Fsp3) is 0.292. The van der Waals surface area contributed by atoms with E-state index in [9.17, 15) is 4.79 Å². The maximum Gasteiger partial charge on any atom is 0.274 e. The van der Waals surface area contributed by atoms with Gasteiger partial charge in [-0.3, -0.25) is 9.69 Å². The van der Waals surface area contributed by atoms with Crippen molar-refractivity contribution in [1.29, 1.82) is 0 Å². The summed E-state index contributed by atoms with van der Waals surface area (Å²) in [7, 11) is 0. The van der Waals surface area contributed by atoms with Gasteiger partial charge in [0.1, 0.15) is 0 Å². The van der Waals surface area contributed by atoms with Crippen LogP contribution >= 0.6 is 0 Å². The molecular weight excluding hydrogens is 374 g/mol. The highest BCUT2D eigenvalue weighted by molar-refractivity contribution is 5.94. The van der Waals surface area contributed by atoms with E-state index in [1.54, 1.807) is 10.7 Å². The molecule has 6 nitrogen and oxygen atoms in total. The molecule has 6 rings (SSSR count). The van der Waals surface area contributed by atoms with E-state index in [1.165, 1.54) is 30.2 Å². The molecule has 2 aliphatic heterocycles. The Labute approximate surface area is 174 Å². The fourth-order valence-corrected chi connectivity index (χ4v) is 4.90. The Bertz CT molecular complexity index is 1260. The lowest BCUT2D eigenvalue weighted by Gasteiger charge is -2.37. The van der Waals surface area contributed by atoms with Gasteiger partial charge >= 0.3 is 0 Å². The Kier molecular flexibility index (Phi) is 4.06. The number of hydrogen-bond donors (Lipinski definition) is 0. The first-order valence-corrected chi connectivity index (χ1v) is 10.6. The van der Waals surface area contributed by atoms with Crippen LogP contribution in [0.5, 0.6) is 0 Å². The number of carbonyl (C=O) groups is 1. The highest BCUT2D eigenvalue weighted by atomic mass is 16.2. The maximum absolute atomic E-state index is 13.2. The van der Waals surface area contributed by atoms with E-state index in [2.05, 4.69) is 45.3 Å². The molecular formula is C24H23N5O. The molecule has 0 spiro atoms. The predicted octanol–water partition coefficient (Wildman–Crippen LogP) is 3.47. The average molecular weight is 397 g/mol. The van der Waals surface area contributed by atoms with E-state index in [4.69, 9.17) is 0 Å². The van der Waals surface area contributed by atoms with Crippen molar-refractivity contribution in [3.8, 4) is 11.3 Å². The van der Waals surface area contributed by atoms with Gasteiger partial charge in [0.25, 0.3) is 5.91 Å². The Morgan fingerprint density at radius 1 is 0.967 bits per heavy atom. The molecule has 2 aromatic carbocycles. The Morgan fingerprint density at radius 2 is 1.87 bits per heavy atom. The van der Waals surface area contributed by atoms with Crippen LogP contribution in [0.1, 0.15) is 23.3 Å². The third kappa shape index (κ3) is 2.87. The monoisotopic (exact) mass is 397 g/mol. The van der Waals surface area contributed by atoms with E-state index in [0.29, 0.717) is 17.4 Å². The van der Waals surface area contributed by atoms with E-state index in [1.807, 2.05) is 29.2 Å². The number of piperazine rings is 1. The number of fused-ring (bicyclic) bond motifs is 3. The first-order chi connectivity index (χ1) is 14.8. The molecule has 0 bridgehead atoms. The van der Waals surface area contributed by atoms with Gasteiger partial charge in [-0.15, -0.1) is 0 Å². The summed E-state index contributed by atoms with van der Waals surface area (Å²) in [6.07, 6.45) is 4.20. The van der Waals surface area contributed by atoms with Crippen molar-refractivity contribution in [2.75, 3.05) is 26.2 Å². The zero-order chi connectivity index (χ0) is 20.1. The largest absolute Gasteiger partial charge is 0.334 e. The van der Waals surface area contributed by atoms with Crippen molar-refractivity contribution < 1.29 is 4.79 Å². The second-order valence-electron chi connectivity index (χ2n) is 8.27. The third-order valence-corrected chi connectivity index (χ3v) is 6.50. The minimum Gasteiger partial charge on any atom is -0.334 e. The van der Waals surface area contributed by atoms with Crippen LogP contribution in [0.4, 0.5) is 0 Å². The van der Waals surface area contributed by atoms with Gasteiger partial charge in [-0.05, 0) is 42.3 Å². The number of carbonyl (C=O) groups excluding carboxylic acids is 1. The maximum atomic E-state index is 13.2. The molecule has 1 amide bonds. The summed E-state index contributed by atoms with van der Waals surface area (Å²) >= 11 is 0. The van der Waals surface area contributed by atoms with Crippen LogP contribution in [0.2, 0.25) is 0 Å². The normalized spacial score (nSPS) is 19.5. The number of hydrogen-bond acceptors (Lipinski definition) is 4. The Morgan fingerprint density at radius 3 is 2.80 bits per heavy atom. The first-order valence-electron chi connectivity index (χ1n) is 10.6. The number of aromatic nitrogens is 3. The summed E-state index contributed by atoms with van der Waals surface area (Å²) in [6, 6.07) is 19.0. The third-order valence-electron chi connectivity index (χ3n) is 6.50. The van der Waals surface area contributed by atoms with E-state index < -0.39 is 0 Å². The molecule has 4 aromatic rings. The van der Waals surface area contributed by atoms with Crippen LogP contribution in [0.3, 0.4) is 0 Å². The molecule has 0 aliphatic carbocycles. The van der Waals surface area contributed by atoms with Gasteiger partial charge in [0.05, 0.1) is 5.69 Å². The molecule has 2 aliphatic rings. The second-order valence-corrected chi connectivity index (χ2v) is 8.27. The molecule has 2 aromatic heterocycles. The van der Waals surface area contributed by atoms with Gasteiger partial charge in [-0.2, -0.15) is 5.10 Å². The number of amides is 1. The van der Waals surface area contributed by atoms with Crippen LogP contribution in [0.25, 0.3) is 27.7 Å². The summed E-state index contributed by atoms with van der Waals surface area (Å²) in [5, 5.41) is 7.06. The van der Waals surface area contributed by atoms with Crippen LogP contribution in [0, 0.1) is 0 Å². The first kappa shape index (κ1) is 17.6. The van der Waals surface area contributed by atoms with Crippen molar-refractivity contribution in [2.45, 2.75) is 18.9 Å². The van der Waals surface area contributed by atoms with E-state index in [-0.39, 0.29) is 5.91 Å². The fourth-order valence-electron chi connectivity index (χ4n) is 4.90. The lowest BCUT2D eigenvalue weighted by Crippen LogP contribution is -2.52. The van der Waals surface area contributed by atoms with Crippen molar-refractivity contribution in [2.24, 2.45) is 0 Å². The van der Waals surface area contributed by atoms with Gasteiger partial charge in [0.15, 0.2) is 11.3 Å². The van der Waals surface area contributed by atoms with Crippen LogP contribution in [-0.4, -0.2) is 62.5 Å². The minimum absolute atomic E-state index is 0.0107. The Balaban J connectivity index is 1.36. The number of rotatable bonds is 2. The summed E-state index contributed by atoms with van der Waals surface area (Å²) in [6.45, 7) is 3.70. The summed E-state index contributed by atoms with van der Waals surface area (Å²) in [5.41, 5.74) is 3.17. The quantitative estimate of drug-likeness (QED) is 0.520. The molecule has 0 saturated carbocycles. The van der Waals surface area contributed by atoms with Crippen LogP contribution in [-0.2, 0) is 0 Å². The van der Waals surface area contributed by atoms with E-state index >= 15 is 0 Å². The minimum atomic E-state index is 0.0107. The molecule has 0 N–H and O–H groups in total.